The van der Waals surface area contributed by atoms with Crippen LogP contribution in [0.2, 0.25) is 0 Å². The molecule has 0 amide bonds. The van der Waals surface area contributed by atoms with Crippen molar-refractivity contribution in [1.29, 1.82) is 5.26 Å². The highest BCUT2D eigenvalue weighted by molar-refractivity contribution is 5.42. The van der Waals surface area contributed by atoms with Crippen LogP contribution in [0.25, 0.3) is 0 Å². The molecule has 0 aliphatic heterocycles. The molecule has 0 saturated heterocycles. The van der Waals surface area contributed by atoms with Gasteiger partial charge < -0.3 is 0 Å². The molecule has 0 aliphatic carbocycles. The van der Waals surface area contributed by atoms with Crippen molar-refractivity contribution in [3.8, 4) is 6.07 Å². The third-order valence-electron chi connectivity index (χ3n) is 2.61. The second-order valence-corrected chi connectivity index (χ2v) is 5.32. The molecule has 1 aromatic carbocycles. The predicted molar refractivity (Wildman–Crippen MR) is 63.9 cm³/mol. The summed E-state index contributed by atoms with van der Waals surface area (Å²) in [6.07, 6.45) is 0. The van der Waals surface area contributed by atoms with Crippen LogP contribution in [0.1, 0.15) is 57.2 Å². The zero-order valence-corrected chi connectivity index (χ0v) is 10.3. The minimum absolute atomic E-state index is 0.146. The zero-order chi connectivity index (χ0) is 11.6. The largest absolute Gasteiger partial charge is 0.192 e. The quantitative estimate of drug-likeness (QED) is 0.674. The van der Waals surface area contributed by atoms with Crippen molar-refractivity contribution in [3.63, 3.8) is 0 Å². The topological polar surface area (TPSA) is 23.8 Å². The van der Waals surface area contributed by atoms with E-state index in [1.54, 1.807) is 0 Å². The lowest BCUT2D eigenvalue weighted by atomic mass is 9.80. The summed E-state index contributed by atoms with van der Waals surface area (Å²) in [7, 11) is 0. The Bertz CT molecular complexity index is 389. The highest BCUT2D eigenvalue weighted by Crippen LogP contribution is 2.30. The normalized spacial score (nSPS) is 11.5. The lowest BCUT2D eigenvalue weighted by Crippen LogP contribution is -2.15. The first kappa shape index (κ1) is 11.8. The number of rotatable bonds is 1. The molecule has 0 fully saturated rings. The van der Waals surface area contributed by atoms with Crippen LogP contribution in [0.5, 0.6) is 0 Å². The van der Waals surface area contributed by atoms with Crippen LogP contribution in [0.3, 0.4) is 0 Å². The third kappa shape index (κ3) is 2.59. The molecule has 0 aromatic heterocycles. The van der Waals surface area contributed by atoms with Crippen LogP contribution in [-0.4, -0.2) is 0 Å². The molecule has 1 heteroatoms. The van der Waals surface area contributed by atoms with Crippen molar-refractivity contribution in [2.75, 3.05) is 0 Å². The highest BCUT2D eigenvalue weighted by atomic mass is 14.3. The zero-order valence-electron chi connectivity index (χ0n) is 10.3. The Morgan fingerprint density at radius 2 is 1.80 bits per heavy atom. The van der Waals surface area contributed by atoms with Gasteiger partial charge in [0, 0.05) is 0 Å². The summed E-state index contributed by atoms with van der Waals surface area (Å²) in [6.45, 7) is 11.0. The smallest absolute Gasteiger partial charge is 0.0991 e. The molecule has 0 heterocycles. The van der Waals surface area contributed by atoms with Crippen molar-refractivity contribution >= 4 is 0 Å². The average molecular weight is 201 g/mol. The van der Waals surface area contributed by atoms with Gasteiger partial charge in [-0.3, -0.25) is 0 Å². The van der Waals surface area contributed by atoms with E-state index < -0.39 is 0 Å². The van der Waals surface area contributed by atoms with Gasteiger partial charge in [-0.1, -0.05) is 40.7 Å². The molecule has 0 bridgehead atoms. The summed E-state index contributed by atoms with van der Waals surface area (Å²) in [5, 5.41) is 8.89. The second kappa shape index (κ2) is 4.06. The van der Waals surface area contributed by atoms with Gasteiger partial charge in [0.2, 0.25) is 0 Å². The standard InChI is InChI=1S/C14H19N/c1-10(2)12-8-11(9-15)6-7-13(12)14(3,4)5/h6-8,10H,1-5H3. The second-order valence-electron chi connectivity index (χ2n) is 5.32. The van der Waals surface area contributed by atoms with E-state index in [1.807, 2.05) is 12.1 Å². The molecule has 0 aliphatic rings. The third-order valence-corrected chi connectivity index (χ3v) is 2.61. The molecule has 1 aromatic rings. The van der Waals surface area contributed by atoms with Crippen molar-refractivity contribution in [3.05, 3.63) is 34.9 Å². The lowest BCUT2D eigenvalue weighted by Gasteiger charge is -2.24. The van der Waals surface area contributed by atoms with Crippen molar-refractivity contribution in [2.24, 2.45) is 0 Å². The Balaban J connectivity index is 3.36. The molecule has 0 N–H and O–H groups in total. The SMILES string of the molecule is CC(C)c1cc(C#N)ccc1C(C)(C)C. The van der Waals surface area contributed by atoms with Gasteiger partial charge in [-0.2, -0.15) is 5.26 Å². The van der Waals surface area contributed by atoms with Gasteiger partial charge in [0.05, 0.1) is 11.6 Å². The van der Waals surface area contributed by atoms with E-state index in [9.17, 15) is 0 Å². The van der Waals surface area contributed by atoms with Gasteiger partial charge in [0.1, 0.15) is 0 Å². The maximum atomic E-state index is 8.89. The summed E-state index contributed by atoms with van der Waals surface area (Å²) >= 11 is 0. The fraction of sp³-hybridized carbons (Fsp3) is 0.500. The first-order valence-electron chi connectivity index (χ1n) is 5.41. The number of nitrogens with zero attached hydrogens (tertiary/aromatic N) is 1. The van der Waals surface area contributed by atoms with Crippen LogP contribution in [-0.2, 0) is 5.41 Å². The number of benzene rings is 1. The molecule has 0 atom stereocenters. The number of nitriles is 1. The van der Waals surface area contributed by atoms with E-state index in [4.69, 9.17) is 5.26 Å². The van der Waals surface area contributed by atoms with Crippen LogP contribution in [0.4, 0.5) is 0 Å². The monoisotopic (exact) mass is 201 g/mol. The van der Waals surface area contributed by atoms with E-state index in [2.05, 4.69) is 46.8 Å². The van der Waals surface area contributed by atoms with Crippen molar-refractivity contribution < 1.29 is 0 Å². The number of hydrogen-bond acceptors (Lipinski definition) is 1. The molecule has 0 saturated carbocycles. The maximum absolute atomic E-state index is 8.89. The molecule has 1 nitrogen and oxygen atoms in total. The Labute approximate surface area is 92.7 Å². The van der Waals surface area contributed by atoms with Gasteiger partial charge in [0.25, 0.3) is 0 Å². The molecule has 0 spiro atoms. The Hall–Kier alpha value is -1.29. The Morgan fingerprint density at radius 1 is 1.20 bits per heavy atom. The first-order chi connectivity index (χ1) is 6.86. The van der Waals surface area contributed by atoms with E-state index in [0.29, 0.717) is 5.92 Å². The van der Waals surface area contributed by atoms with Crippen molar-refractivity contribution in [1.82, 2.24) is 0 Å². The molecule has 15 heavy (non-hydrogen) atoms. The van der Waals surface area contributed by atoms with E-state index >= 15 is 0 Å². The van der Waals surface area contributed by atoms with Crippen LogP contribution in [0, 0.1) is 11.3 Å². The van der Waals surface area contributed by atoms with Gasteiger partial charge in [0.15, 0.2) is 0 Å². The maximum Gasteiger partial charge on any atom is 0.0991 e. The molecule has 0 radical (unpaired) electrons. The first-order valence-corrected chi connectivity index (χ1v) is 5.41. The number of hydrogen-bond donors (Lipinski definition) is 0. The molecule has 80 valence electrons. The minimum Gasteiger partial charge on any atom is -0.192 e. The van der Waals surface area contributed by atoms with Crippen LogP contribution in [0.15, 0.2) is 18.2 Å². The van der Waals surface area contributed by atoms with E-state index in [1.165, 1.54) is 11.1 Å². The molecule has 1 rings (SSSR count). The Morgan fingerprint density at radius 3 is 2.20 bits per heavy atom. The highest BCUT2D eigenvalue weighted by Gasteiger charge is 2.19. The van der Waals surface area contributed by atoms with E-state index in [0.717, 1.165) is 5.56 Å². The van der Waals surface area contributed by atoms with Gasteiger partial charge in [-0.25, -0.2) is 0 Å². The summed E-state index contributed by atoms with van der Waals surface area (Å²) < 4.78 is 0. The van der Waals surface area contributed by atoms with Gasteiger partial charge >= 0.3 is 0 Å². The fourth-order valence-electron chi connectivity index (χ4n) is 1.79. The fourth-order valence-corrected chi connectivity index (χ4v) is 1.79. The molecular weight excluding hydrogens is 182 g/mol. The van der Waals surface area contributed by atoms with Crippen molar-refractivity contribution in [2.45, 2.75) is 46.0 Å². The Kier molecular flexibility index (Phi) is 3.19. The lowest BCUT2D eigenvalue weighted by molar-refractivity contribution is 0.577. The van der Waals surface area contributed by atoms with E-state index in [-0.39, 0.29) is 5.41 Å². The molecule has 0 unspecified atom stereocenters. The predicted octanol–water partition coefficient (Wildman–Crippen LogP) is 3.98. The summed E-state index contributed by atoms with van der Waals surface area (Å²) in [5.41, 5.74) is 3.54. The summed E-state index contributed by atoms with van der Waals surface area (Å²) in [6, 6.07) is 8.22. The van der Waals surface area contributed by atoms with Crippen LogP contribution >= 0.6 is 0 Å². The van der Waals surface area contributed by atoms with Gasteiger partial charge in [-0.15, -0.1) is 0 Å². The van der Waals surface area contributed by atoms with Gasteiger partial charge in [-0.05, 0) is 34.6 Å². The average Bonchev–Trinajstić information content (AvgIpc) is 2.15. The van der Waals surface area contributed by atoms with Crippen LogP contribution < -0.4 is 0 Å². The molecular formula is C14H19N. The summed E-state index contributed by atoms with van der Waals surface area (Å²) in [4.78, 5) is 0. The minimum atomic E-state index is 0.146. The summed E-state index contributed by atoms with van der Waals surface area (Å²) in [5.74, 6) is 0.465.